The molecule has 3 rings (SSSR count). The number of carbonyl (C=O) groups is 1. The summed E-state index contributed by atoms with van der Waals surface area (Å²) in [6.07, 6.45) is -1.73. The Hall–Kier alpha value is -1.47. The van der Waals surface area contributed by atoms with E-state index in [-0.39, 0.29) is 35.0 Å². The lowest BCUT2D eigenvalue weighted by Gasteiger charge is -2.33. The lowest BCUT2D eigenvalue weighted by Crippen LogP contribution is -2.39. The third-order valence-electron chi connectivity index (χ3n) is 4.70. The summed E-state index contributed by atoms with van der Waals surface area (Å²) in [6, 6.07) is 5.29. The molecule has 0 atom stereocenters. The van der Waals surface area contributed by atoms with Gasteiger partial charge in [-0.05, 0) is 56.0 Å². The zero-order valence-electron chi connectivity index (χ0n) is 13.1. The monoisotopic (exact) mass is 364 g/mol. The summed E-state index contributed by atoms with van der Waals surface area (Å²) in [6.45, 7) is 3.24. The first kappa shape index (κ1) is 18.9. The molecule has 134 valence electrons. The fraction of sp³-hybridized carbons (Fsp3) is 0.562. The highest BCUT2D eigenvalue weighted by Crippen LogP contribution is 2.39. The molecule has 0 aromatic heterocycles. The average Bonchev–Trinajstić information content (AvgIpc) is 2.89. The molecule has 0 saturated carbocycles. The molecular weight excluding hydrogens is 345 g/mol. The van der Waals surface area contributed by atoms with E-state index < -0.39 is 6.36 Å². The van der Waals surface area contributed by atoms with Crippen LogP contribution < -0.4 is 10.1 Å². The van der Waals surface area contributed by atoms with Crippen LogP contribution in [0.25, 0.3) is 0 Å². The van der Waals surface area contributed by atoms with Crippen molar-refractivity contribution >= 4 is 18.3 Å². The Labute approximate surface area is 144 Å². The van der Waals surface area contributed by atoms with E-state index in [9.17, 15) is 18.0 Å². The Morgan fingerprint density at radius 1 is 1.21 bits per heavy atom. The lowest BCUT2D eigenvalue weighted by atomic mass is 9.78. The van der Waals surface area contributed by atoms with Gasteiger partial charge < -0.3 is 15.0 Å². The summed E-state index contributed by atoms with van der Waals surface area (Å²) < 4.78 is 40.8. The third-order valence-corrected chi connectivity index (χ3v) is 4.70. The van der Waals surface area contributed by atoms with Crippen LogP contribution >= 0.6 is 12.4 Å². The number of alkyl halides is 3. The van der Waals surface area contributed by atoms with Crippen molar-refractivity contribution in [2.24, 2.45) is 5.41 Å². The van der Waals surface area contributed by atoms with Crippen molar-refractivity contribution in [3.63, 3.8) is 0 Å². The molecule has 2 fully saturated rings. The van der Waals surface area contributed by atoms with Crippen molar-refractivity contribution in [1.82, 2.24) is 10.2 Å². The number of nitrogens with one attached hydrogen (secondary N) is 1. The molecule has 1 spiro atoms. The maximum absolute atomic E-state index is 12.6. The van der Waals surface area contributed by atoms with Crippen LogP contribution in [0.3, 0.4) is 0 Å². The minimum Gasteiger partial charge on any atom is -0.406 e. The first-order chi connectivity index (χ1) is 10.9. The van der Waals surface area contributed by atoms with Crippen molar-refractivity contribution in [2.75, 3.05) is 26.2 Å². The SMILES string of the molecule is Cl.O=C(c1cccc(OC(F)(F)F)c1)N1CCC2(CCNCC2)C1. The van der Waals surface area contributed by atoms with Gasteiger partial charge in [-0.1, -0.05) is 6.07 Å². The number of likely N-dealkylation sites (tertiary alicyclic amines) is 1. The molecule has 0 aliphatic carbocycles. The normalized spacial score (nSPS) is 19.9. The zero-order chi connectivity index (χ0) is 16.5. The fourth-order valence-electron chi connectivity index (χ4n) is 3.48. The smallest absolute Gasteiger partial charge is 0.406 e. The summed E-state index contributed by atoms with van der Waals surface area (Å²) in [5.41, 5.74) is 0.402. The van der Waals surface area contributed by atoms with Crippen LogP contribution in [0, 0.1) is 5.41 Å². The molecule has 1 amide bonds. The number of benzene rings is 1. The number of piperidine rings is 1. The highest BCUT2D eigenvalue weighted by atomic mass is 35.5. The summed E-state index contributed by atoms with van der Waals surface area (Å²) in [4.78, 5) is 14.3. The second-order valence-electron chi connectivity index (χ2n) is 6.30. The van der Waals surface area contributed by atoms with Gasteiger partial charge in [-0.15, -0.1) is 25.6 Å². The molecule has 2 saturated heterocycles. The van der Waals surface area contributed by atoms with E-state index in [0.717, 1.165) is 38.4 Å². The highest BCUT2D eigenvalue weighted by molar-refractivity contribution is 5.94. The first-order valence-electron chi connectivity index (χ1n) is 7.73. The van der Waals surface area contributed by atoms with E-state index in [1.807, 2.05) is 0 Å². The molecule has 0 bridgehead atoms. The van der Waals surface area contributed by atoms with Crippen molar-refractivity contribution in [3.8, 4) is 5.75 Å². The van der Waals surface area contributed by atoms with Gasteiger partial charge in [-0.25, -0.2) is 0 Å². The van der Waals surface area contributed by atoms with Crippen molar-refractivity contribution in [2.45, 2.75) is 25.6 Å². The van der Waals surface area contributed by atoms with E-state index in [2.05, 4.69) is 10.1 Å². The molecule has 4 nitrogen and oxygen atoms in total. The minimum absolute atomic E-state index is 0. The number of hydrogen-bond donors (Lipinski definition) is 1. The number of amides is 1. The maximum atomic E-state index is 12.6. The van der Waals surface area contributed by atoms with Gasteiger partial charge in [0, 0.05) is 18.7 Å². The number of halogens is 4. The zero-order valence-corrected chi connectivity index (χ0v) is 13.9. The molecule has 1 aromatic carbocycles. The predicted molar refractivity (Wildman–Crippen MR) is 85.4 cm³/mol. The highest BCUT2D eigenvalue weighted by Gasteiger charge is 2.40. The Morgan fingerprint density at radius 3 is 2.58 bits per heavy atom. The van der Waals surface area contributed by atoms with Crippen LogP contribution in [0.15, 0.2) is 24.3 Å². The van der Waals surface area contributed by atoms with Crippen molar-refractivity contribution < 1.29 is 22.7 Å². The molecular formula is C16H20ClF3N2O2. The topological polar surface area (TPSA) is 41.6 Å². The van der Waals surface area contributed by atoms with E-state index in [1.165, 1.54) is 18.2 Å². The molecule has 1 N–H and O–H groups in total. The summed E-state index contributed by atoms with van der Waals surface area (Å²) >= 11 is 0. The van der Waals surface area contributed by atoms with Crippen molar-refractivity contribution in [3.05, 3.63) is 29.8 Å². The van der Waals surface area contributed by atoms with Crippen LogP contribution in [0.5, 0.6) is 5.75 Å². The molecule has 0 unspecified atom stereocenters. The Kier molecular flexibility index (Phi) is 5.65. The number of nitrogens with zero attached hydrogens (tertiary/aromatic N) is 1. The number of carbonyl (C=O) groups excluding carboxylic acids is 1. The van der Waals surface area contributed by atoms with Gasteiger partial charge in [0.15, 0.2) is 0 Å². The Morgan fingerprint density at radius 2 is 1.92 bits per heavy atom. The van der Waals surface area contributed by atoms with E-state index in [0.29, 0.717) is 13.1 Å². The van der Waals surface area contributed by atoms with Gasteiger partial charge in [0.05, 0.1) is 0 Å². The Bertz CT molecular complexity index is 589. The summed E-state index contributed by atoms with van der Waals surface area (Å²) in [5, 5.41) is 3.31. The van der Waals surface area contributed by atoms with Gasteiger partial charge in [0.2, 0.25) is 0 Å². The summed E-state index contributed by atoms with van der Waals surface area (Å²) in [5.74, 6) is -0.591. The number of ether oxygens (including phenoxy) is 1. The molecule has 0 radical (unpaired) electrons. The van der Waals surface area contributed by atoms with Gasteiger partial charge in [-0.3, -0.25) is 4.79 Å². The number of rotatable bonds is 2. The van der Waals surface area contributed by atoms with E-state index in [1.54, 1.807) is 4.90 Å². The maximum Gasteiger partial charge on any atom is 0.573 e. The second kappa shape index (κ2) is 7.19. The standard InChI is InChI=1S/C16H19F3N2O2.ClH/c17-16(18,19)23-13-3-1-2-12(10-13)14(22)21-9-6-15(11-21)4-7-20-8-5-15;/h1-3,10,20H,4-9,11H2;1H. The average molecular weight is 365 g/mol. The van der Waals surface area contributed by atoms with Gasteiger partial charge in [-0.2, -0.15) is 0 Å². The molecule has 1 aromatic rings. The summed E-state index contributed by atoms with van der Waals surface area (Å²) in [7, 11) is 0. The predicted octanol–water partition coefficient (Wildman–Crippen LogP) is 3.22. The molecule has 8 heteroatoms. The van der Waals surface area contributed by atoms with Crippen LogP contribution in [-0.2, 0) is 0 Å². The van der Waals surface area contributed by atoms with Gasteiger partial charge in [0.25, 0.3) is 5.91 Å². The fourth-order valence-corrected chi connectivity index (χ4v) is 3.48. The quantitative estimate of drug-likeness (QED) is 0.876. The van der Waals surface area contributed by atoms with Gasteiger partial charge >= 0.3 is 6.36 Å². The molecule has 2 heterocycles. The van der Waals surface area contributed by atoms with Crippen LogP contribution in [0.1, 0.15) is 29.6 Å². The third kappa shape index (κ3) is 4.33. The number of hydrogen-bond acceptors (Lipinski definition) is 3. The molecule has 2 aliphatic rings. The molecule has 24 heavy (non-hydrogen) atoms. The van der Waals surface area contributed by atoms with Crippen molar-refractivity contribution in [1.29, 1.82) is 0 Å². The van der Waals surface area contributed by atoms with Crippen LogP contribution in [0.2, 0.25) is 0 Å². The van der Waals surface area contributed by atoms with Crippen LogP contribution in [0.4, 0.5) is 13.2 Å². The second-order valence-corrected chi connectivity index (χ2v) is 6.30. The van der Waals surface area contributed by atoms with E-state index in [4.69, 9.17) is 0 Å². The molecule has 2 aliphatic heterocycles. The van der Waals surface area contributed by atoms with E-state index >= 15 is 0 Å². The minimum atomic E-state index is -4.76. The first-order valence-corrected chi connectivity index (χ1v) is 7.73. The van der Waals surface area contributed by atoms with Gasteiger partial charge in [0.1, 0.15) is 5.75 Å². The largest absolute Gasteiger partial charge is 0.573 e. The Balaban J connectivity index is 0.00000208. The lowest BCUT2D eigenvalue weighted by molar-refractivity contribution is -0.274. The van der Waals surface area contributed by atoms with Crippen LogP contribution in [-0.4, -0.2) is 43.3 Å².